The predicted octanol–water partition coefficient (Wildman–Crippen LogP) is 5.77. The lowest BCUT2D eigenvalue weighted by atomic mass is 9.99. The SMILES string of the molecule is CCO[Si](OCC)(OCC)C(C)C(F)(F)C(F)(F)C(F)(F)C(C)[Si](OCC)(OCC)OCC. The van der Waals surface area contributed by atoms with Crippen LogP contribution in [-0.4, -0.2) is 75.0 Å². The maximum absolute atomic E-state index is 15.3. The molecule has 2 atom stereocenters. The van der Waals surface area contributed by atoms with E-state index in [0.717, 1.165) is 0 Å². The average molecular weight is 533 g/mol. The molecule has 6 nitrogen and oxygen atoms in total. The highest BCUT2D eigenvalue weighted by Crippen LogP contribution is 2.58. The summed E-state index contributed by atoms with van der Waals surface area (Å²) >= 11 is 0. The third kappa shape index (κ3) is 6.51. The van der Waals surface area contributed by atoms with Crippen LogP contribution in [0.2, 0.25) is 11.1 Å². The van der Waals surface area contributed by atoms with Crippen molar-refractivity contribution < 1.29 is 52.9 Å². The van der Waals surface area contributed by atoms with Gasteiger partial charge in [-0.25, -0.2) is 0 Å². The van der Waals surface area contributed by atoms with E-state index in [-0.39, 0.29) is 39.6 Å². The summed E-state index contributed by atoms with van der Waals surface area (Å²) in [5, 5.41) is 0. The van der Waals surface area contributed by atoms with Crippen molar-refractivity contribution in [2.24, 2.45) is 0 Å². The molecule has 0 heterocycles. The third-order valence-electron chi connectivity index (χ3n) is 5.06. The first-order valence-electron chi connectivity index (χ1n) is 11.1. The molecule has 0 radical (unpaired) electrons. The van der Waals surface area contributed by atoms with Crippen LogP contribution in [0.15, 0.2) is 0 Å². The van der Waals surface area contributed by atoms with E-state index in [4.69, 9.17) is 26.6 Å². The highest BCUT2D eigenvalue weighted by Gasteiger charge is 2.81. The summed E-state index contributed by atoms with van der Waals surface area (Å²) in [4.78, 5) is 0. The number of halogens is 6. The minimum Gasteiger partial charge on any atom is -0.373 e. The number of hydrogen-bond acceptors (Lipinski definition) is 6. The largest absolute Gasteiger partial charge is 0.510 e. The molecule has 33 heavy (non-hydrogen) atoms. The molecule has 200 valence electrons. The van der Waals surface area contributed by atoms with Crippen LogP contribution in [0.3, 0.4) is 0 Å². The molecule has 0 saturated heterocycles. The number of rotatable bonds is 18. The van der Waals surface area contributed by atoms with Crippen molar-refractivity contribution in [3.05, 3.63) is 0 Å². The lowest BCUT2D eigenvalue weighted by Crippen LogP contribution is -2.67. The zero-order valence-corrected chi connectivity index (χ0v) is 22.6. The Bertz CT molecular complexity index is 493. The van der Waals surface area contributed by atoms with E-state index < -0.39 is 46.5 Å². The summed E-state index contributed by atoms with van der Waals surface area (Å²) < 4.78 is 123. The van der Waals surface area contributed by atoms with Gasteiger partial charge < -0.3 is 26.6 Å². The first-order valence-corrected chi connectivity index (χ1v) is 14.7. The van der Waals surface area contributed by atoms with Crippen LogP contribution in [0.4, 0.5) is 26.3 Å². The van der Waals surface area contributed by atoms with Gasteiger partial charge in [0.2, 0.25) is 0 Å². The molecule has 0 spiro atoms. The molecule has 2 unspecified atom stereocenters. The van der Waals surface area contributed by atoms with E-state index in [1.54, 1.807) is 0 Å². The highest BCUT2D eigenvalue weighted by atomic mass is 28.4. The number of alkyl halides is 6. The van der Waals surface area contributed by atoms with Gasteiger partial charge in [-0.3, -0.25) is 0 Å². The minimum absolute atomic E-state index is 0.194. The Balaban J connectivity index is 6.56. The Morgan fingerprint density at radius 1 is 0.485 bits per heavy atom. The van der Waals surface area contributed by atoms with E-state index in [1.165, 1.54) is 41.5 Å². The van der Waals surface area contributed by atoms with Gasteiger partial charge in [0.1, 0.15) is 0 Å². The predicted molar refractivity (Wildman–Crippen MR) is 115 cm³/mol. The van der Waals surface area contributed by atoms with Gasteiger partial charge in [0, 0.05) is 39.6 Å². The molecule has 0 aromatic rings. The van der Waals surface area contributed by atoms with Crippen LogP contribution < -0.4 is 0 Å². The van der Waals surface area contributed by atoms with Crippen LogP contribution in [0.25, 0.3) is 0 Å². The van der Waals surface area contributed by atoms with Crippen LogP contribution in [0.1, 0.15) is 55.4 Å². The van der Waals surface area contributed by atoms with Crippen molar-refractivity contribution in [2.75, 3.05) is 39.6 Å². The Labute approximate surface area is 194 Å². The molecule has 0 bridgehead atoms. The zero-order valence-electron chi connectivity index (χ0n) is 20.6. The summed E-state index contributed by atoms with van der Waals surface area (Å²) in [5.41, 5.74) is -4.97. The second kappa shape index (κ2) is 13.2. The molecule has 0 aromatic carbocycles. The zero-order chi connectivity index (χ0) is 26.1. The van der Waals surface area contributed by atoms with Gasteiger partial charge >= 0.3 is 35.4 Å². The van der Waals surface area contributed by atoms with Crippen LogP contribution in [-0.2, 0) is 26.6 Å². The van der Waals surface area contributed by atoms with Crippen LogP contribution in [0, 0.1) is 0 Å². The fourth-order valence-corrected chi connectivity index (χ4v) is 9.08. The molecule has 0 saturated carbocycles. The average Bonchev–Trinajstić information content (AvgIpc) is 2.73. The molecule has 0 rings (SSSR count). The topological polar surface area (TPSA) is 55.4 Å². The van der Waals surface area contributed by atoms with Crippen molar-refractivity contribution in [1.29, 1.82) is 0 Å². The molecule has 0 aliphatic carbocycles. The third-order valence-corrected chi connectivity index (χ3v) is 12.1. The molecular weight excluding hydrogens is 494 g/mol. The first-order chi connectivity index (χ1) is 15.2. The monoisotopic (exact) mass is 532 g/mol. The van der Waals surface area contributed by atoms with Crippen molar-refractivity contribution in [2.45, 2.75) is 84.2 Å². The van der Waals surface area contributed by atoms with E-state index >= 15 is 26.3 Å². The quantitative estimate of drug-likeness (QED) is 0.165. The normalized spacial score (nSPS) is 16.2. The van der Waals surface area contributed by atoms with E-state index in [1.807, 2.05) is 0 Å². The van der Waals surface area contributed by atoms with Gasteiger partial charge in [-0.1, -0.05) is 13.8 Å². The van der Waals surface area contributed by atoms with Crippen LogP contribution in [0.5, 0.6) is 0 Å². The maximum Gasteiger partial charge on any atom is 0.510 e. The van der Waals surface area contributed by atoms with Gasteiger partial charge in [0.15, 0.2) is 0 Å². The Morgan fingerprint density at radius 3 is 0.818 bits per heavy atom. The van der Waals surface area contributed by atoms with Crippen molar-refractivity contribution >= 4 is 17.6 Å². The maximum atomic E-state index is 15.3. The van der Waals surface area contributed by atoms with Gasteiger partial charge in [0.05, 0.1) is 11.1 Å². The molecule has 0 fully saturated rings. The molecule has 0 aliphatic rings. The number of hydrogen-bond donors (Lipinski definition) is 0. The molecule has 0 aromatic heterocycles. The second-order valence-corrected chi connectivity index (χ2v) is 12.9. The van der Waals surface area contributed by atoms with Crippen LogP contribution >= 0.6 is 0 Å². The Hall–Kier alpha value is -0.226. The van der Waals surface area contributed by atoms with Crippen molar-refractivity contribution in [3.8, 4) is 0 Å². The summed E-state index contributed by atoms with van der Waals surface area (Å²) in [6.45, 7) is 8.81. The summed E-state index contributed by atoms with van der Waals surface area (Å²) in [6.07, 6.45) is 0. The molecule has 0 aliphatic heterocycles. The molecular formula is C19H38F6O6Si2. The molecule has 14 heteroatoms. The lowest BCUT2D eigenvalue weighted by Gasteiger charge is -2.44. The van der Waals surface area contributed by atoms with Crippen molar-refractivity contribution in [3.63, 3.8) is 0 Å². The molecule has 0 amide bonds. The van der Waals surface area contributed by atoms with Gasteiger partial charge in [-0.15, -0.1) is 0 Å². The van der Waals surface area contributed by atoms with E-state index in [9.17, 15) is 0 Å². The van der Waals surface area contributed by atoms with Gasteiger partial charge in [0.25, 0.3) is 0 Å². The van der Waals surface area contributed by atoms with E-state index in [0.29, 0.717) is 13.8 Å². The lowest BCUT2D eigenvalue weighted by molar-refractivity contribution is -0.315. The Morgan fingerprint density at radius 2 is 0.667 bits per heavy atom. The fourth-order valence-electron chi connectivity index (χ4n) is 3.42. The summed E-state index contributed by atoms with van der Waals surface area (Å²) in [5.74, 6) is -16.4. The molecule has 0 N–H and O–H groups in total. The van der Waals surface area contributed by atoms with E-state index in [2.05, 4.69) is 0 Å². The minimum atomic E-state index is -5.84. The fraction of sp³-hybridized carbons (Fsp3) is 1.00. The first kappa shape index (κ1) is 32.8. The van der Waals surface area contributed by atoms with Crippen molar-refractivity contribution in [1.82, 2.24) is 0 Å². The Kier molecular flexibility index (Phi) is 13.1. The summed E-state index contributed by atoms with van der Waals surface area (Å²) in [7, 11) is -8.99. The smallest absolute Gasteiger partial charge is 0.373 e. The van der Waals surface area contributed by atoms with Gasteiger partial charge in [-0.2, -0.15) is 26.3 Å². The van der Waals surface area contributed by atoms with Gasteiger partial charge in [-0.05, 0) is 41.5 Å². The summed E-state index contributed by atoms with van der Waals surface area (Å²) in [6, 6.07) is 0. The second-order valence-electron chi connectivity index (χ2n) is 7.07. The highest BCUT2D eigenvalue weighted by molar-refractivity contribution is 6.63. The standard InChI is InChI=1S/C19H38F6O6Si2/c1-9-26-32(27-10-2,28-11-3)15(7)17(20,21)19(24,25)18(22,23)16(8)33(29-12-4,30-13-5)31-14-6/h15-16H,9-14H2,1-8H3.